The topological polar surface area (TPSA) is 9.23 Å². The van der Waals surface area contributed by atoms with Gasteiger partial charge in [-0.05, 0) is 0 Å². The average Bonchev–Trinajstić information content (AvgIpc) is 2.46. The van der Waals surface area contributed by atoms with Crippen molar-refractivity contribution in [3.05, 3.63) is 48.0 Å². The maximum atomic E-state index is 5.75. The van der Waals surface area contributed by atoms with Crippen molar-refractivity contribution in [1.82, 2.24) is 0 Å². The summed E-state index contributed by atoms with van der Waals surface area (Å²) in [6.07, 6.45) is 0. The molecule has 0 saturated carbocycles. The number of benzene rings is 2. The molecule has 0 bridgehead atoms. The SMILES string of the molecule is Cc1cc([O][Ti])c(-c2ccccc2)c([Si](C)(C)C(C)(C)C)c1.Cl.Cl. The minimum absolute atomic E-state index is 0. The van der Waals surface area contributed by atoms with E-state index in [0.717, 1.165) is 5.75 Å². The van der Waals surface area contributed by atoms with Crippen molar-refractivity contribution < 1.29 is 24.1 Å². The van der Waals surface area contributed by atoms with Crippen LogP contribution >= 0.6 is 24.8 Å². The molecule has 0 amide bonds. The van der Waals surface area contributed by atoms with E-state index in [0.29, 0.717) is 0 Å². The van der Waals surface area contributed by atoms with Crippen LogP contribution in [-0.2, 0) is 20.8 Å². The molecule has 5 heteroatoms. The van der Waals surface area contributed by atoms with Crippen LogP contribution in [0.3, 0.4) is 0 Å². The standard InChI is InChI=1S/C19H26OSi.2ClH.Ti/c1-14-12-16(20)18(15-10-8-7-9-11-15)17(13-14)21(5,6)19(2,3)4;;;/h7-13,20H,1-6H3;2*1H;/q;;;+1/p-1. The van der Waals surface area contributed by atoms with E-state index in [1.165, 1.54) is 21.9 Å². The molecule has 0 fully saturated rings. The van der Waals surface area contributed by atoms with Crippen LogP contribution in [-0.4, -0.2) is 8.07 Å². The maximum Gasteiger partial charge on any atom is -0.147 e. The number of rotatable bonds is 3. The monoisotopic (exact) mass is 417 g/mol. The first-order valence-corrected chi connectivity index (χ1v) is 11.4. The van der Waals surface area contributed by atoms with Crippen LogP contribution in [0.4, 0.5) is 0 Å². The van der Waals surface area contributed by atoms with E-state index in [1.54, 1.807) is 20.8 Å². The minimum atomic E-state index is -1.67. The molecule has 1 nitrogen and oxygen atoms in total. The van der Waals surface area contributed by atoms with E-state index in [1.807, 2.05) is 0 Å². The van der Waals surface area contributed by atoms with Crippen LogP contribution < -0.4 is 8.51 Å². The van der Waals surface area contributed by atoms with Crippen molar-refractivity contribution >= 4 is 38.1 Å². The second kappa shape index (κ2) is 8.91. The van der Waals surface area contributed by atoms with E-state index in [-0.39, 0.29) is 29.9 Å². The van der Waals surface area contributed by atoms with Gasteiger partial charge in [-0.25, -0.2) is 0 Å². The summed E-state index contributed by atoms with van der Waals surface area (Å²) in [5.41, 5.74) is 3.80. The largest absolute Gasteiger partial charge is 0.147 e. The smallest absolute Gasteiger partial charge is 0.147 e. The minimum Gasteiger partial charge on any atom is -0.147 e. The summed E-state index contributed by atoms with van der Waals surface area (Å²) in [5, 5.41) is 1.78. The normalized spacial score (nSPS) is 11.2. The number of halogens is 2. The molecule has 24 heavy (non-hydrogen) atoms. The molecule has 0 radical (unpaired) electrons. The van der Waals surface area contributed by atoms with Crippen molar-refractivity contribution in [2.75, 3.05) is 0 Å². The Bertz CT molecular complexity index is 667. The summed E-state index contributed by atoms with van der Waals surface area (Å²) in [6.45, 7) is 14.2. The fourth-order valence-electron chi connectivity index (χ4n) is 2.63. The first-order valence-electron chi connectivity index (χ1n) is 7.72. The van der Waals surface area contributed by atoms with Crippen molar-refractivity contribution in [2.24, 2.45) is 0 Å². The van der Waals surface area contributed by atoms with Crippen LogP contribution in [0.1, 0.15) is 26.3 Å². The van der Waals surface area contributed by atoms with Gasteiger partial charge in [-0.2, -0.15) is 0 Å². The zero-order valence-corrected chi connectivity index (χ0v) is 19.5. The van der Waals surface area contributed by atoms with Gasteiger partial charge < -0.3 is 0 Å². The van der Waals surface area contributed by atoms with Gasteiger partial charge in [0.1, 0.15) is 0 Å². The Balaban J connectivity index is 0.00000264. The fraction of sp³-hybridized carbons (Fsp3) is 0.368. The molecular weight excluding hydrogens is 391 g/mol. The van der Waals surface area contributed by atoms with Crippen molar-refractivity contribution in [3.63, 3.8) is 0 Å². The zero-order valence-electron chi connectivity index (χ0n) is 15.3. The summed E-state index contributed by atoms with van der Waals surface area (Å²) in [5.74, 6) is 0.992. The average molecular weight is 418 g/mol. The third-order valence-electron chi connectivity index (χ3n) is 4.97. The van der Waals surface area contributed by atoms with Crippen molar-refractivity contribution in [3.8, 4) is 16.9 Å². The molecule has 0 unspecified atom stereocenters. The first-order chi connectivity index (χ1) is 10.2. The van der Waals surface area contributed by atoms with Gasteiger partial charge in [0.05, 0.1) is 0 Å². The van der Waals surface area contributed by atoms with Crippen LogP contribution in [0.25, 0.3) is 11.1 Å². The van der Waals surface area contributed by atoms with Gasteiger partial charge in [0.15, 0.2) is 0 Å². The molecular formula is C19H27Cl2OSiTi. The molecule has 0 aliphatic heterocycles. The molecule has 0 spiro atoms. The van der Waals surface area contributed by atoms with Crippen molar-refractivity contribution in [2.45, 2.75) is 45.8 Å². The van der Waals surface area contributed by atoms with E-state index in [2.05, 4.69) is 83.3 Å². The molecule has 131 valence electrons. The van der Waals surface area contributed by atoms with E-state index >= 15 is 0 Å². The number of hydrogen-bond acceptors (Lipinski definition) is 1. The third-order valence-corrected chi connectivity index (χ3v) is 10.8. The maximum absolute atomic E-state index is 5.75. The molecule has 2 aromatic carbocycles. The summed E-state index contributed by atoms with van der Waals surface area (Å²) < 4.78 is 5.75. The second-order valence-electron chi connectivity index (χ2n) is 7.53. The van der Waals surface area contributed by atoms with Crippen LogP contribution in [0.5, 0.6) is 5.75 Å². The van der Waals surface area contributed by atoms with Crippen LogP contribution in [0.2, 0.25) is 18.1 Å². The second-order valence-corrected chi connectivity index (χ2v) is 13.1. The van der Waals surface area contributed by atoms with E-state index < -0.39 is 8.07 Å². The summed E-state index contributed by atoms with van der Waals surface area (Å²) in [6, 6.07) is 15.2. The van der Waals surface area contributed by atoms with Gasteiger partial charge in [0, 0.05) is 0 Å². The Morgan fingerprint density at radius 3 is 1.96 bits per heavy atom. The molecule has 0 saturated heterocycles. The van der Waals surface area contributed by atoms with Gasteiger partial charge in [-0.3, -0.25) is 0 Å². The molecule has 2 aromatic rings. The summed E-state index contributed by atoms with van der Waals surface area (Å²) >= 11 is 1.77. The quantitative estimate of drug-likeness (QED) is 0.551. The molecule has 0 heterocycles. The van der Waals surface area contributed by atoms with Gasteiger partial charge >= 0.3 is 148 Å². The van der Waals surface area contributed by atoms with Crippen LogP contribution in [0.15, 0.2) is 42.5 Å². The van der Waals surface area contributed by atoms with Gasteiger partial charge in [-0.1, -0.05) is 0 Å². The Morgan fingerprint density at radius 1 is 0.958 bits per heavy atom. The Labute approximate surface area is 172 Å². The molecule has 0 aliphatic rings. The number of aryl methyl sites for hydroxylation is 1. The molecule has 0 N–H and O–H groups in total. The van der Waals surface area contributed by atoms with Gasteiger partial charge in [0.25, 0.3) is 0 Å². The fourth-order valence-corrected chi connectivity index (χ4v) is 5.17. The first kappa shape index (κ1) is 23.8. The molecule has 2 rings (SSSR count). The predicted octanol–water partition coefficient (Wildman–Crippen LogP) is 6.06. The number of hydrogen-bond donors (Lipinski definition) is 0. The Kier molecular flexibility index (Phi) is 8.82. The van der Waals surface area contributed by atoms with Gasteiger partial charge in [-0.15, -0.1) is 24.8 Å². The van der Waals surface area contributed by atoms with E-state index in [9.17, 15) is 0 Å². The van der Waals surface area contributed by atoms with Crippen molar-refractivity contribution in [1.29, 1.82) is 0 Å². The molecule has 0 atom stereocenters. The molecule has 0 aliphatic carbocycles. The molecule has 0 aromatic heterocycles. The van der Waals surface area contributed by atoms with Crippen LogP contribution in [0, 0.1) is 6.92 Å². The summed E-state index contributed by atoms with van der Waals surface area (Å²) in [7, 11) is -1.67. The van der Waals surface area contributed by atoms with E-state index in [4.69, 9.17) is 3.32 Å². The van der Waals surface area contributed by atoms with Gasteiger partial charge in [0.2, 0.25) is 0 Å². The predicted molar refractivity (Wildman–Crippen MR) is 109 cm³/mol. The third kappa shape index (κ3) is 4.68. The zero-order chi connectivity index (χ0) is 16.5. The Hall–Kier alpha value is -0.249. The summed E-state index contributed by atoms with van der Waals surface area (Å²) in [4.78, 5) is 0. The Morgan fingerprint density at radius 2 is 1.50 bits per heavy atom.